The van der Waals surface area contributed by atoms with Gasteiger partial charge in [-0.1, -0.05) is 67.9 Å². The molecule has 0 unspecified atom stereocenters. The molecule has 2 nitrogen and oxygen atoms in total. The molecule has 23 heavy (non-hydrogen) atoms. The molecule has 1 aromatic heterocycles. The van der Waals surface area contributed by atoms with E-state index in [2.05, 4.69) is 81.5 Å². The molecule has 3 rings (SSSR count). The van der Waals surface area contributed by atoms with Crippen LogP contribution in [0.4, 0.5) is 5.82 Å². The van der Waals surface area contributed by atoms with Crippen molar-refractivity contribution in [2.24, 2.45) is 5.92 Å². The summed E-state index contributed by atoms with van der Waals surface area (Å²) in [6, 6.07) is 17.2. The van der Waals surface area contributed by atoms with Crippen molar-refractivity contribution in [3.05, 3.63) is 59.8 Å². The summed E-state index contributed by atoms with van der Waals surface area (Å²) >= 11 is 0. The Kier molecular flexibility index (Phi) is 4.33. The van der Waals surface area contributed by atoms with E-state index in [0.29, 0.717) is 5.92 Å². The van der Waals surface area contributed by atoms with Crippen LogP contribution in [-0.2, 0) is 0 Å². The fraction of sp³-hybridized carbons (Fsp3) is 0.286. The first kappa shape index (κ1) is 15.5. The number of hydrogen-bond acceptors (Lipinski definition) is 2. The number of anilines is 1. The molecule has 1 heterocycles. The maximum absolute atomic E-state index is 4.87. The molecule has 118 valence electrons. The zero-order valence-electron chi connectivity index (χ0n) is 14.4. The van der Waals surface area contributed by atoms with Gasteiger partial charge in [0.25, 0.3) is 0 Å². The van der Waals surface area contributed by atoms with E-state index >= 15 is 0 Å². The molecule has 0 amide bonds. The quantitative estimate of drug-likeness (QED) is 0.680. The highest BCUT2D eigenvalue weighted by atomic mass is 15.0. The summed E-state index contributed by atoms with van der Waals surface area (Å²) in [4.78, 5) is 4.87. The second kappa shape index (κ2) is 6.41. The smallest absolute Gasteiger partial charge is 0.134 e. The fourth-order valence-corrected chi connectivity index (χ4v) is 2.99. The molecule has 0 saturated heterocycles. The lowest BCUT2D eigenvalue weighted by Gasteiger charge is -2.16. The van der Waals surface area contributed by atoms with Crippen molar-refractivity contribution < 1.29 is 0 Å². The predicted octanol–water partition coefficient (Wildman–Crippen LogP) is 5.59. The average molecular weight is 304 g/mol. The molecule has 1 N–H and O–H groups in total. The van der Waals surface area contributed by atoms with Gasteiger partial charge in [-0.2, -0.15) is 0 Å². The summed E-state index contributed by atoms with van der Waals surface area (Å²) in [5, 5.41) is 5.96. The van der Waals surface area contributed by atoms with Crippen LogP contribution in [0.15, 0.2) is 48.5 Å². The molecule has 0 aliphatic rings. The van der Waals surface area contributed by atoms with Gasteiger partial charge >= 0.3 is 0 Å². The van der Waals surface area contributed by atoms with E-state index in [1.165, 1.54) is 27.5 Å². The lowest BCUT2D eigenvalue weighted by atomic mass is 9.96. The summed E-state index contributed by atoms with van der Waals surface area (Å²) in [5.41, 5.74) is 4.81. The van der Waals surface area contributed by atoms with Crippen LogP contribution in [0.2, 0.25) is 0 Å². The van der Waals surface area contributed by atoms with Crippen LogP contribution in [0.25, 0.3) is 21.9 Å². The Morgan fingerprint density at radius 2 is 1.70 bits per heavy atom. The first-order chi connectivity index (χ1) is 11.1. The summed E-state index contributed by atoms with van der Waals surface area (Å²) in [6.07, 6.45) is 0. The minimum Gasteiger partial charge on any atom is -0.369 e. The van der Waals surface area contributed by atoms with Crippen LogP contribution in [0.1, 0.15) is 25.1 Å². The maximum Gasteiger partial charge on any atom is 0.134 e. The molecule has 0 bridgehead atoms. The van der Waals surface area contributed by atoms with Gasteiger partial charge < -0.3 is 5.32 Å². The maximum atomic E-state index is 4.87. The molecule has 0 aliphatic heterocycles. The topological polar surface area (TPSA) is 24.9 Å². The van der Waals surface area contributed by atoms with Crippen LogP contribution in [-0.4, -0.2) is 11.5 Å². The number of nitrogens with zero attached hydrogens (tertiary/aromatic N) is 1. The third-order valence-electron chi connectivity index (χ3n) is 4.08. The number of rotatable bonds is 4. The Morgan fingerprint density at radius 1 is 0.957 bits per heavy atom. The van der Waals surface area contributed by atoms with Gasteiger partial charge in [0, 0.05) is 23.2 Å². The number of aromatic nitrogens is 1. The van der Waals surface area contributed by atoms with Crippen LogP contribution in [0, 0.1) is 19.8 Å². The third kappa shape index (κ3) is 3.21. The standard InChI is InChI=1S/C21H24N2/c1-14(2)13-22-21-19-11-6-5-10-18(19)20(16(4)23-21)17-9-7-8-15(3)12-17/h5-12,14H,13H2,1-4H3,(H,22,23). The van der Waals surface area contributed by atoms with Gasteiger partial charge in [0.1, 0.15) is 5.82 Å². The summed E-state index contributed by atoms with van der Waals surface area (Å²) in [6.45, 7) is 9.59. The van der Waals surface area contributed by atoms with Crippen molar-refractivity contribution in [3.8, 4) is 11.1 Å². The van der Waals surface area contributed by atoms with Gasteiger partial charge in [0.05, 0.1) is 0 Å². The van der Waals surface area contributed by atoms with Crippen molar-refractivity contribution >= 4 is 16.6 Å². The predicted molar refractivity (Wildman–Crippen MR) is 100.0 cm³/mol. The molecule has 3 aromatic rings. The molecule has 0 spiro atoms. The largest absolute Gasteiger partial charge is 0.369 e. The van der Waals surface area contributed by atoms with Gasteiger partial charge in [-0.15, -0.1) is 0 Å². The SMILES string of the molecule is Cc1cccc(-c2c(C)nc(NCC(C)C)c3ccccc23)c1. The second-order valence-electron chi connectivity index (χ2n) is 6.61. The first-order valence-electron chi connectivity index (χ1n) is 8.26. The number of fused-ring (bicyclic) bond motifs is 1. The first-order valence-corrected chi connectivity index (χ1v) is 8.26. The zero-order valence-corrected chi connectivity index (χ0v) is 14.4. The molecular weight excluding hydrogens is 280 g/mol. The van der Waals surface area contributed by atoms with Gasteiger partial charge in [0.2, 0.25) is 0 Å². The zero-order chi connectivity index (χ0) is 16.4. The lowest BCUT2D eigenvalue weighted by Crippen LogP contribution is -2.10. The van der Waals surface area contributed by atoms with E-state index < -0.39 is 0 Å². The van der Waals surface area contributed by atoms with Crippen molar-refractivity contribution in [1.82, 2.24) is 4.98 Å². The number of nitrogens with one attached hydrogen (secondary N) is 1. The minimum absolute atomic E-state index is 0.590. The van der Waals surface area contributed by atoms with Crippen molar-refractivity contribution in [2.75, 3.05) is 11.9 Å². The van der Waals surface area contributed by atoms with Crippen molar-refractivity contribution in [2.45, 2.75) is 27.7 Å². The minimum atomic E-state index is 0.590. The second-order valence-corrected chi connectivity index (χ2v) is 6.61. The van der Waals surface area contributed by atoms with Crippen LogP contribution in [0.3, 0.4) is 0 Å². The van der Waals surface area contributed by atoms with Crippen molar-refractivity contribution in [3.63, 3.8) is 0 Å². The normalized spacial score (nSPS) is 11.2. The van der Waals surface area contributed by atoms with E-state index in [1.54, 1.807) is 0 Å². The van der Waals surface area contributed by atoms with Gasteiger partial charge in [-0.05, 0) is 30.7 Å². The van der Waals surface area contributed by atoms with E-state index in [9.17, 15) is 0 Å². The Hall–Kier alpha value is -2.35. The molecule has 2 heteroatoms. The lowest BCUT2D eigenvalue weighted by molar-refractivity contribution is 0.687. The molecular formula is C21H24N2. The van der Waals surface area contributed by atoms with Gasteiger partial charge in [0.15, 0.2) is 0 Å². The summed E-state index contributed by atoms with van der Waals surface area (Å²) in [5.74, 6) is 1.58. The molecule has 0 aliphatic carbocycles. The van der Waals surface area contributed by atoms with Crippen LogP contribution >= 0.6 is 0 Å². The molecule has 2 aromatic carbocycles. The highest BCUT2D eigenvalue weighted by Gasteiger charge is 2.13. The average Bonchev–Trinajstić information content (AvgIpc) is 2.52. The molecule has 0 radical (unpaired) electrons. The number of benzene rings is 2. The number of hydrogen-bond donors (Lipinski definition) is 1. The van der Waals surface area contributed by atoms with E-state index in [1.807, 2.05) is 0 Å². The van der Waals surface area contributed by atoms with E-state index in [4.69, 9.17) is 4.98 Å². The monoisotopic (exact) mass is 304 g/mol. The summed E-state index contributed by atoms with van der Waals surface area (Å²) < 4.78 is 0. The van der Waals surface area contributed by atoms with Crippen LogP contribution in [0.5, 0.6) is 0 Å². The van der Waals surface area contributed by atoms with Crippen molar-refractivity contribution in [1.29, 1.82) is 0 Å². The Bertz CT molecular complexity index is 834. The Balaban J connectivity index is 2.20. The Morgan fingerprint density at radius 3 is 2.39 bits per heavy atom. The summed E-state index contributed by atoms with van der Waals surface area (Å²) in [7, 11) is 0. The molecule has 0 atom stereocenters. The van der Waals surface area contributed by atoms with E-state index in [-0.39, 0.29) is 0 Å². The fourth-order valence-electron chi connectivity index (χ4n) is 2.99. The van der Waals surface area contributed by atoms with E-state index in [0.717, 1.165) is 18.1 Å². The highest BCUT2D eigenvalue weighted by Crippen LogP contribution is 2.34. The van der Waals surface area contributed by atoms with Crippen LogP contribution < -0.4 is 5.32 Å². The highest BCUT2D eigenvalue weighted by molar-refractivity contribution is 6.02. The number of pyridine rings is 1. The Labute approximate surface area is 138 Å². The number of aryl methyl sites for hydroxylation is 2. The molecule has 0 saturated carbocycles. The van der Waals surface area contributed by atoms with Gasteiger partial charge in [-0.3, -0.25) is 0 Å². The van der Waals surface area contributed by atoms with Gasteiger partial charge in [-0.25, -0.2) is 4.98 Å². The third-order valence-corrected chi connectivity index (χ3v) is 4.08. The molecule has 0 fully saturated rings.